The molecule has 94 valence electrons. The molecule has 2 rings (SSSR count). The Balaban J connectivity index is 2.10. The minimum absolute atomic E-state index is 0.431. The maximum atomic E-state index is 3.95. The highest BCUT2D eigenvalue weighted by Gasteiger charge is 2.40. The third kappa shape index (κ3) is 2.41. The van der Waals surface area contributed by atoms with Gasteiger partial charge in [-0.25, -0.2) is 0 Å². The first-order chi connectivity index (χ1) is 8.19. The van der Waals surface area contributed by atoms with Crippen LogP contribution in [0.2, 0.25) is 0 Å². The molecule has 17 heavy (non-hydrogen) atoms. The molecule has 0 radical (unpaired) electrons. The van der Waals surface area contributed by atoms with Crippen molar-refractivity contribution in [3.63, 3.8) is 0 Å². The van der Waals surface area contributed by atoms with Crippen LogP contribution in [0.25, 0.3) is 0 Å². The number of allylic oxidation sites excluding steroid dienone is 5. The van der Waals surface area contributed by atoms with Crippen molar-refractivity contribution in [1.29, 1.82) is 0 Å². The van der Waals surface area contributed by atoms with E-state index in [4.69, 9.17) is 0 Å². The van der Waals surface area contributed by atoms with Crippen LogP contribution in [0.1, 0.15) is 46.0 Å². The molecule has 0 spiro atoms. The normalized spacial score (nSPS) is 37.4. The van der Waals surface area contributed by atoms with E-state index in [1.165, 1.54) is 32.1 Å². The van der Waals surface area contributed by atoms with Crippen LogP contribution in [0, 0.1) is 23.2 Å². The second kappa shape index (κ2) is 5.25. The molecule has 0 aromatic heterocycles. The molecule has 0 heteroatoms. The molecule has 0 aromatic rings. The average molecular weight is 230 g/mol. The minimum atomic E-state index is 0.431. The Hall–Kier alpha value is -0.780. The van der Waals surface area contributed by atoms with Gasteiger partial charge in [-0.05, 0) is 55.3 Å². The second-order valence-electron chi connectivity index (χ2n) is 6.11. The SMILES string of the molecule is C=CC1CCC(C2(C(C)C)C=CC=CC2)CC1. The first-order valence-corrected chi connectivity index (χ1v) is 7.16. The monoisotopic (exact) mass is 230 g/mol. The van der Waals surface area contributed by atoms with Gasteiger partial charge >= 0.3 is 0 Å². The zero-order chi connectivity index (χ0) is 12.3. The molecule has 0 saturated heterocycles. The zero-order valence-electron chi connectivity index (χ0n) is 11.4. The lowest BCUT2D eigenvalue weighted by atomic mass is 9.59. The molecule has 0 aliphatic heterocycles. The maximum Gasteiger partial charge on any atom is -0.00294 e. The van der Waals surface area contributed by atoms with E-state index in [-0.39, 0.29) is 0 Å². The van der Waals surface area contributed by atoms with E-state index in [0.717, 1.165) is 17.8 Å². The van der Waals surface area contributed by atoms with E-state index >= 15 is 0 Å². The second-order valence-corrected chi connectivity index (χ2v) is 6.11. The molecule has 2 aliphatic rings. The maximum absolute atomic E-state index is 3.95. The van der Waals surface area contributed by atoms with Gasteiger partial charge in [-0.3, -0.25) is 0 Å². The fourth-order valence-corrected chi connectivity index (χ4v) is 3.75. The molecule has 0 aromatic carbocycles. The average Bonchev–Trinajstić information content (AvgIpc) is 2.39. The summed E-state index contributed by atoms with van der Waals surface area (Å²) in [4.78, 5) is 0. The van der Waals surface area contributed by atoms with Gasteiger partial charge < -0.3 is 0 Å². The summed E-state index contributed by atoms with van der Waals surface area (Å²) >= 11 is 0. The predicted octanol–water partition coefficient (Wildman–Crippen LogP) is 5.14. The summed E-state index contributed by atoms with van der Waals surface area (Å²) < 4.78 is 0. The lowest BCUT2D eigenvalue weighted by molar-refractivity contribution is 0.105. The highest BCUT2D eigenvalue weighted by Crippen LogP contribution is 2.49. The Labute approximate surface area is 106 Å². The molecule has 0 heterocycles. The van der Waals surface area contributed by atoms with Crippen molar-refractivity contribution >= 4 is 0 Å². The summed E-state index contributed by atoms with van der Waals surface area (Å²) in [5.74, 6) is 2.40. The van der Waals surface area contributed by atoms with E-state index < -0.39 is 0 Å². The molecular formula is C17H26. The summed E-state index contributed by atoms with van der Waals surface area (Å²) in [6.45, 7) is 8.73. The van der Waals surface area contributed by atoms with Crippen molar-refractivity contribution in [2.24, 2.45) is 23.2 Å². The van der Waals surface area contributed by atoms with Gasteiger partial charge in [0.05, 0.1) is 0 Å². The third-order valence-electron chi connectivity index (χ3n) is 5.07. The molecule has 1 atom stereocenters. The Morgan fingerprint density at radius 2 is 1.88 bits per heavy atom. The summed E-state index contributed by atoms with van der Waals surface area (Å²) in [5, 5.41) is 0. The molecule has 1 unspecified atom stereocenters. The summed E-state index contributed by atoms with van der Waals surface area (Å²) in [7, 11) is 0. The fourth-order valence-electron chi connectivity index (χ4n) is 3.75. The van der Waals surface area contributed by atoms with Gasteiger partial charge in [0.1, 0.15) is 0 Å². The van der Waals surface area contributed by atoms with Crippen molar-refractivity contribution in [2.45, 2.75) is 46.0 Å². The van der Waals surface area contributed by atoms with Gasteiger partial charge in [-0.15, -0.1) is 6.58 Å². The first-order valence-electron chi connectivity index (χ1n) is 7.16. The molecule has 0 nitrogen and oxygen atoms in total. The summed E-state index contributed by atoms with van der Waals surface area (Å²) in [5.41, 5.74) is 0.431. The molecule has 2 aliphatic carbocycles. The van der Waals surface area contributed by atoms with Gasteiger partial charge in [0.15, 0.2) is 0 Å². The van der Waals surface area contributed by atoms with Crippen LogP contribution in [-0.2, 0) is 0 Å². The van der Waals surface area contributed by atoms with Crippen LogP contribution in [-0.4, -0.2) is 0 Å². The van der Waals surface area contributed by atoms with E-state index in [0.29, 0.717) is 5.41 Å². The smallest absolute Gasteiger partial charge is 0.00294 e. The summed E-state index contributed by atoms with van der Waals surface area (Å²) in [6, 6.07) is 0. The van der Waals surface area contributed by atoms with Gasteiger partial charge in [0.2, 0.25) is 0 Å². The Bertz CT molecular complexity index is 313. The van der Waals surface area contributed by atoms with Crippen LogP contribution < -0.4 is 0 Å². The van der Waals surface area contributed by atoms with Crippen molar-refractivity contribution in [1.82, 2.24) is 0 Å². The Morgan fingerprint density at radius 1 is 1.18 bits per heavy atom. The number of rotatable bonds is 3. The van der Waals surface area contributed by atoms with Crippen molar-refractivity contribution in [3.05, 3.63) is 37.0 Å². The Kier molecular flexibility index (Phi) is 3.91. The predicted molar refractivity (Wildman–Crippen MR) is 75.8 cm³/mol. The number of hydrogen-bond acceptors (Lipinski definition) is 0. The quantitative estimate of drug-likeness (QED) is 0.589. The standard InChI is InChI=1S/C17H26/c1-4-15-8-10-16(11-9-15)17(14(2)3)12-6-5-7-13-17/h4-7,12,14-16H,1,8-11,13H2,2-3H3. The minimum Gasteiger partial charge on any atom is -0.103 e. The lowest BCUT2D eigenvalue weighted by Crippen LogP contribution is -2.36. The van der Waals surface area contributed by atoms with Gasteiger partial charge in [-0.2, -0.15) is 0 Å². The van der Waals surface area contributed by atoms with Crippen molar-refractivity contribution < 1.29 is 0 Å². The van der Waals surface area contributed by atoms with E-state index in [1.807, 2.05) is 0 Å². The lowest BCUT2D eigenvalue weighted by Gasteiger charge is -2.45. The van der Waals surface area contributed by atoms with Crippen LogP contribution in [0.4, 0.5) is 0 Å². The van der Waals surface area contributed by atoms with Gasteiger partial charge in [0.25, 0.3) is 0 Å². The highest BCUT2D eigenvalue weighted by molar-refractivity contribution is 5.19. The molecule has 1 fully saturated rings. The van der Waals surface area contributed by atoms with E-state index in [1.54, 1.807) is 0 Å². The molecule has 0 amide bonds. The molecule has 1 saturated carbocycles. The van der Waals surface area contributed by atoms with Crippen molar-refractivity contribution in [2.75, 3.05) is 0 Å². The first kappa shape index (κ1) is 12.7. The van der Waals surface area contributed by atoms with Crippen LogP contribution in [0.5, 0.6) is 0 Å². The van der Waals surface area contributed by atoms with Crippen LogP contribution >= 0.6 is 0 Å². The fraction of sp³-hybridized carbons (Fsp3) is 0.647. The third-order valence-corrected chi connectivity index (χ3v) is 5.07. The summed E-state index contributed by atoms with van der Waals surface area (Å²) in [6.07, 6.45) is 18.2. The van der Waals surface area contributed by atoms with Gasteiger partial charge in [-0.1, -0.05) is 44.2 Å². The van der Waals surface area contributed by atoms with Gasteiger partial charge in [0, 0.05) is 0 Å². The van der Waals surface area contributed by atoms with Crippen LogP contribution in [0.3, 0.4) is 0 Å². The number of hydrogen-bond donors (Lipinski definition) is 0. The molecule has 0 N–H and O–H groups in total. The largest absolute Gasteiger partial charge is 0.103 e. The van der Waals surface area contributed by atoms with E-state index in [9.17, 15) is 0 Å². The topological polar surface area (TPSA) is 0 Å². The van der Waals surface area contributed by atoms with Crippen molar-refractivity contribution in [3.8, 4) is 0 Å². The molecule has 0 bridgehead atoms. The van der Waals surface area contributed by atoms with Crippen LogP contribution in [0.15, 0.2) is 37.0 Å². The zero-order valence-corrected chi connectivity index (χ0v) is 11.4. The van der Waals surface area contributed by atoms with E-state index in [2.05, 4.69) is 50.8 Å². The highest BCUT2D eigenvalue weighted by atomic mass is 14.4. The molecular weight excluding hydrogens is 204 g/mol. The Morgan fingerprint density at radius 3 is 2.35 bits per heavy atom.